The highest BCUT2D eigenvalue weighted by molar-refractivity contribution is 5.88. The predicted octanol–water partition coefficient (Wildman–Crippen LogP) is 2.59. The van der Waals surface area contributed by atoms with Crippen LogP contribution < -0.4 is 10.1 Å². The van der Waals surface area contributed by atoms with Crippen LogP contribution in [0.15, 0.2) is 54.6 Å². The van der Waals surface area contributed by atoms with Gasteiger partial charge < -0.3 is 19.9 Å². The maximum absolute atomic E-state index is 13.3. The van der Waals surface area contributed by atoms with Crippen molar-refractivity contribution >= 4 is 5.91 Å². The van der Waals surface area contributed by atoms with E-state index in [-0.39, 0.29) is 12.5 Å². The molecular weight excluding hydrogens is 330 g/mol. The molecule has 2 aromatic rings. The summed E-state index contributed by atoms with van der Waals surface area (Å²) in [5, 5.41) is 12.8. The third kappa shape index (κ3) is 3.74. The van der Waals surface area contributed by atoms with E-state index in [0.717, 1.165) is 16.9 Å². The van der Waals surface area contributed by atoms with Crippen LogP contribution in [0.4, 0.5) is 0 Å². The van der Waals surface area contributed by atoms with Gasteiger partial charge in [-0.2, -0.15) is 0 Å². The van der Waals surface area contributed by atoms with E-state index in [1.54, 1.807) is 7.11 Å². The summed E-state index contributed by atoms with van der Waals surface area (Å²) in [6.45, 7) is 0.925. The minimum atomic E-state index is -0.660. The van der Waals surface area contributed by atoms with Crippen molar-refractivity contribution in [2.24, 2.45) is 0 Å². The van der Waals surface area contributed by atoms with Crippen LogP contribution in [0.5, 0.6) is 5.75 Å². The second kappa shape index (κ2) is 8.34. The molecule has 3 rings (SSSR count). The molecule has 1 aliphatic rings. The number of hydrogen-bond donors (Lipinski definition) is 2. The van der Waals surface area contributed by atoms with Gasteiger partial charge in [-0.1, -0.05) is 42.5 Å². The van der Waals surface area contributed by atoms with Crippen LogP contribution in [-0.2, 0) is 14.9 Å². The van der Waals surface area contributed by atoms with Gasteiger partial charge in [-0.3, -0.25) is 4.79 Å². The Morgan fingerprint density at radius 1 is 1.15 bits per heavy atom. The van der Waals surface area contributed by atoms with Crippen LogP contribution in [0.1, 0.15) is 30.0 Å². The molecule has 0 radical (unpaired) electrons. The van der Waals surface area contributed by atoms with Crippen molar-refractivity contribution in [1.82, 2.24) is 5.32 Å². The number of methoxy groups -OCH3 is 1. The number of carbonyl (C=O) groups excluding carboxylic acids is 1. The second-order valence-corrected chi connectivity index (χ2v) is 6.54. The van der Waals surface area contributed by atoms with Gasteiger partial charge in [-0.05, 0) is 36.1 Å². The first kappa shape index (κ1) is 18.4. The van der Waals surface area contributed by atoms with E-state index in [1.807, 2.05) is 54.6 Å². The molecular formula is C21H25NO4. The van der Waals surface area contributed by atoms with E-state index in [4.69, 9.17) is 9.47 Å². The highest BCUT2D eigenvalue weighted by Crippen LogP contribution is 2.36. The van der Waals surface area contributed by atoms with Crippen molar-refractivity contribution in [1.29, 1.82) is 0 Å². The Hall–Kier alpha value is -2.37. The van der Waals surface area contributed by atoms with E-state index in [0.29, 0.717) is 26.1 Å². The summed E-state index contributed by atoms with van der Waals surface area (Å²) in [6, 6.07) is 16.7. The molecule has 0 unspecified atom stereocenters. The molecule has 0 bridgehead atoms. The lowest BCUT2D eigenvalue weighted by molar-refractivity contribution is -0.131. The fourth-order valence-electron chi connectivity index (χ4n) is 3.49. The van der Waals surface area contributed by atoms with E-state index in [9.17, 15) is 9.90 Å². The maximum Gasteiger partial charge on any atom is 0.231 e. The van der Waals surface area contributed by atoms with Gasteiger partial charge in [0, 0.05) is 13.2 Å². The lowest BCUT2D eigenvalue weighted by Crippen LogP contribution is -2.49. The van der Waals surface area contributed by atoms with Crippen LogP contribution in [0.3, 0.4) is 0 Å². The maximum atomic E-state index is 13.3. The first-order valence-corrected chi connectivity index (χ1v) is 8.88. The van der Waals surface area contributed by atoms with Gasteiger partial charge in [0.1, 0.15) is 5.75 Å². The SMILES string of the molecule is COc1ccc(C2(C(=O)N[C@@H](CO)c3ccccc3)CCOCC2)cc1. The number of hydrogen-bond acceptors (Lipinski definition) is 4. The Kier molecular flexibility index (Phi) is 5.91. The second-order valence-electron chi connectivity index (χ2n) is 6.54. The van der Waals surface area contributed by atoms with Gasteiger partial charge in [0.05, 0.1) is 25.2 Å². The fourth-order valence-corrected chi connectivity index (χ4v) is 3.49. The monoisotopic (exact) mass is 355 g/mol. The molecule has 1 heterocycles. The van der Waals surface area contributed by atoms with Crippen LogP contribution in [0, 0.1) is 0 Å². The highest BCUT2D eigenvalue weighted by Gasteiger charge is 2.42. The molecule has 1 amide bonds. The summed E-state index contributed by atoms with van der Waals surface area (Å²) in [7, 11) is 1.62. The van der Waals surface area contributed by atoms with Crippen molar-refractivity contribution < 1.29 is 19.4 Å². The zero-order valence-electron chi connectivity index (χ0n) is 15.0. The Balaban J connectivity index is 1.87. The molecule has 1 aliphatic heterocycles. The summed E-state index contributed by atoms with van der Waals surface area (Å²) >= 11 is 0. The first-order chi connectivity index (χ1) is 12.7. The minimum absolute atomic E-state index is 0.0751. The molecule has 5 nitrogen and oxygen atoms in total. The van der Waals surface area contributed by atoms with Crippen LogP contribution in [0.25, 0.3) is 0 Å². The lowest BCUT2D eigenvalue weighted by atomic mass is 9.73. The van der Waals surface area contributed by atoms with Gasteiger partial charge >= 0.3 is 0 Å². The first-order valence-electron chi connectivity index (χ1n) is 8.88. The summed E-state index contributed by atoms with van der Waals surface area (Å²) in [5.74, 6) is 0.683. The van der Waals surface area contributed by atoms with E-state index < -0.39 is 11.5 Å². The number of carbonyl (C=O) groups is 1. The summed E-state index contributed by atoms with van der Waals surface area (Å²) in [4.78, 5) is 13.3. The molecule has 0 aliphatic carbocycles. The highest BCUT2D eigenvalue weighted by atomic mass is 16.5. The van der Waals surface area contributed by atoms with Crippen molar-refractivity contribution in [2.75, 3.05) is 26.9 Å². The van der Waals surface area contributed by atoms with E-state index in [1.165, 1.54) is 0 Å². The molecule has 2 aromatic carbocycles. The van der Waals surface area contributed by atoms with Gasteiger partial charge in [0.15, 0.2) is 0 Å². The molecule has 138 valence electrons. The average molecular weight is 355 g/mol. The number of aliphatic hydroxyl groups is 1. The molecule has 1 saturated heterocycles. The summed E-state index contributed by atoms with van der Waals surface area (Å²) < 4.78 is 10.7. The predicted molar refractivity (Wildman–Crippen MR) is 99.1 cm³/mol. The lowest BCUT2D eigenvalue weighted by Gasteiger charge is -2.37. The van der Waals surface area contributed by atoms with Crippen LogP contribution in [-0.4, -0.2) is 37.9 Å². The number of rotatable bonds is 6. The Morgan fingerprint density at radius 3 is 2.38 bits per heavy atom. The van der Waals surface area contributed by atoms with Crippen molar-refractivity contribution in [2.45, 2.75) is 24.3 Å². The number of amides is 1. The summed E-state index contributed by atoms with van der Waals surface area (Å²) in [6.07, 6.45) is 1.22. The minimum Gasteiger partial charge on any atom is -0.497 e. The standard InChI is InChI=1S/C21H25NO4/c1-25-18-9-7-17(8-10-18)21(11-13-26-14-12-21)20(24)22-19(15-23)16-5-3-2-4-6-16/h2-10,19,23H,11-15H2,1H3,(H,22,24)/t19-/m0/s1. The zero-order valence-corrected chi connectivity index (χ0v) is 15.0. The van der Waals surface area contributed by atoms with E-state index >= 15 is 0 Å². The van der Waals surface area contributed by atoms with Crippen LogP contribution in [0.2, 0.25) is 0 Å². The Morgan fingerprint density at radius 2 is 1.81 bits per heavy atom. The van der Waals surface area contributed by atoms with E-state index in [2.05, 4.69) is 5.32 Å². The zero-order chi connectivity index (χ0) is 18.4. The molecule has 0 spiro atoms. The topological polar surface area (TPSA) is 67.8 Å². The van der Waals surface area contributed by atoms with Crippen LogP contribution >= 0.6 is 0 Å². The molecule has 2 N–H and O–H groups in total. The third-order valence-electron chi connectivity index (χ3n) is 5.11. The van der Waals surface area contributed by atoms with Gasteiger partial charge in [-0.15, -0.1) is 0 Å². The molecule has 0 saturated carbocycles. The van der Waals surface area contributed by atoms with Gasteiger partial charge in [0.2, 0.25) is 5.91 Å². The number of ether oxygens (including phenoxy) is 2. The summed E-state index contributed by atoms with van der Waals surface area (Å²) in [5.41, 5.74) is 1.18. The van der Waals surface area contributed by atoms with Gasteiger partial charge in [0.25, 0.3) is 0 Å². The molecule has 1 fully saturated rings. The molecule has 0 aromatic heterocycles. The van der Waals surface area contributed by atoms with Crippen molar-refractivity contribution in [3.8, 4) is 5.75 Å². The van der Waals surface area contributed by atoms with Crippen molar-refractivity contribution in [3.63, 3.8) is 0 Å². The van der Waals surface area contributed by atoms with Gasteiger partial charge in [-0.25, -0.2) is 0 Å². The number of nitrogens with one attached hydrogen (secondary N) is 1. The number of benzene rings is 2. The quantitative estimate of drug-likeness (QED) is 0.836. The normalized spacial score (nSPS) is 17.3. The Bertz CT molecular complexity index is 709. The average Bonchev–Trinajstić information content (AvgIpc) is 2.73. The third-order valence-corrected chi connectivity index (χ3v) is 5.11. The molecule has 1 atom stereocenters. The molecule has 5 heteroatoms. The number of aliphatic hydroxyl groups excluding tert-OH is 1. The fraction of sp³-hybridized carbons (Fsp3) is 0.381. The van der Waals surface area contributed by atoms with Crippen molar-refractivity contribution in [3.05, 3.63) is 65.7 Å². The smallest absolute Gasteiger partial charge is 0.231 e. The largest absolute Gasteiger partial charge is 0.497 e. The Labute approximate surface area is 153 Å². The molecule has 26 heavy (non-hydrogen) atoms.